The van der Waals surface area contributed by atoms with Crippen molar-refractivity contribution in [3.05, 3.63) is 88.2 Å². The van der Waals surface area contributed by atoms with E-state index in [1.54, 1.807) is 18.2 Å². The first kappa shape index (κ1) is 24.1. The normalized spacial score (nSPS) is 14.9. The Labute approximate surface area is 209 Å². The fraction of sp³-hybridized carbons (Fsp3) is 0.185. The van der Waals surface area contributed by atoms with Gasteiger partial charge in [0.25, 0.3) is 11.8 Å². The molecule has 7 nitrogen and oxygen atoms in total. The van der Waals surface area contributed by atoms with Crippen molar-refractivity contribution >= 4 is 46.9 Å². The highest BCUT2D eigenvalue weighted by Gasteiger charge is 2.34. The number of nitrogens with one attached hydrogen (secondary N) is 1. The number of benzene rings is 2. The summed E-state index contributed by atoms with van der Waals surface area (Å²) in [4.78, 5) is 39.2. The molecule has 1 aliphatic rings. The van der Waals surface area contributed by atoms with Gasteiger partial charge in [-0.2, -0.15) is 0 Å². The molecule has 0 atom stereocenters. The zero-order valence-corrected chi connectivity index (χ0v) is 20.7. The molecule has 0 unspecified atom stereocenters. The van der Waals surface area contributed by atoms with Crippen molar-refractivity contribution in [2.24, 2.45) is 0 Å². The molecule has 2 amide bonds. The van der Waals surface area contributed by atoms with Gasteiger partial charge in [-0.3, -0.25) is 19.8 Å². The summed E-state index contributed by atoms with van der Waals surface area (Å²) in [7, 11) is 1.34. The smallest absolute Gasteiger partial charge is 0.337 e. The lowest BCUT2D eigenvalue weighted by Gasteiger charge is -2.29. The van der Waals surface area contributed by atoms with Crippen LogP contribution in [0.2, 0.25) is 0 Å². The second-order valence-corrected chi connectivity index (χ2v) is 8.56. The number of aromatic nitrogens is 1. The third kappa shape index (κ3) is 4.52. The fourth-order valence-electron chi connectivity index (χ4n) is 4.12. The molecule has 0 radical (unpaired) electrons. The lowest BCUT2D eigenvalue weighted by atomic mass is 10.1. The minimum atomic E-state index is -0.534. The number of hydrogen-bond acceptors (Lipinski definition) is 5. The number of hydrogen-bond donors (Lipinski definition) is 1. The summed E-state index contributed by atoms with van der Waals surface area (Å²) in [6, 6.07) is 16.4. The molecule has 0 spiro atoms. The van der Waals surface area contributed by atoms with Crippen LogP contribution in [0.4, 0.5) is 5.69 Å². The minimum absolute atomic E-state index is 0.000503. The van der Waals surface area contributed by atoms with Crippen LogP contribution >= 0.6 is 12.2 Å². The van der Waals surface area contributed by atoms with Gasteiger partial charge in [-0.05, 0) is 92.2 Å². The third-order valence-corrected chi connectivity index (χ3v) is 6.31. The van der Waals surface area contributed by atoms with E-state index in [-0.39, 0.29) is 10.7 Å². The number of carbonyl (C=O) groups excluding carboxylic acids is 3. The van der Waals surface area contributed by atoms with E-state index in [2.05, 4.69) is 12.2 Å². The molecule has 1 aliphatic heterocycles. The van der Waals surface area contributed by atoms with Gasteiger partial charge >= 0.3 is 5.97 Å². The predicted octanol–water partition coefficient (Wildman–Crippen LogP) is 4.27. The zero-order valence-electron chi connectivity index (χ0n) is 19.9. The maximum Gasteiger partial charge on any atom is 0.337 e. The molecule has 0 bridgehead atoms. The van der Waals surface area contributed by atoms with E-state index in [0.29, 0.717) is 11.3 Å². The van der Waals surface area contributed by atoms with Gasteiger partial charge in [0.1, 0.15) is 5.57 Å². The Morgan fingerprint density at radius 2 is 1.66 bits per heavy atom. The lowest BCUT2D eigenvalue weighted by Crippen LogP contribution is -2.54. The highest BCUT2D eigenvalue weighted by Crippen LogP contribution is 2.26. The monoisotopic (exact) mass is 487 g/mol. The highest BCUT2D eigenvalue weighted by molar-refractivity contribution is 7.80. The molecular formula is C27H25N3O4S. The molecule has 4 rings (SSSR count). The Kier molecular flexibility index (Phi) is 6.66. The molecule has 1 aromatic heterocycles. The maximum absolute atomic E-state index is 13.4. The molecule has 3 aromatic rings. The van der Waals surface area contributed by atoms with Crippen molar-refractivity contribution in [3.8, 4) is 5.69 Å². The number of carbonyl (C=O) groups is 3. The molecule has 1 fully saturated rings. The van der Waals surface area contributed by atoms with E-state index >= 15 is 0 Å². The number of ether oxygens (including phenoxy) is 1. The molecule has 0 saturated carbocycles. The molecule has 8 heteroatoms. The number of nitrogens with zero attached hydrogens (tertiary/aromatic N) is 2. The molecule has 2 heterocycles. The van der Waals surface area contributed by atoms with E-state index in [0.717, 1.165) is 34.6 Å². The van der Waals surface area contributed by atoms with Gasteiger partial charge in [0.15, 0.2) is 5.11 Å². The van der Waals surface area contributed by atoms with Crippen LogP contribution in [0.25, 0.3) is 11.8 Å². The predicted molar refractivity (Wildman–Crippen MR) is 139 cm³/mol. The number of esters is 1. The van der Waals surface area contributed by atoms with Gasteiger partial charge in [0.05, 0.1) is 18.4 Å². The van der Waals surface area contributed by atoms with Gasteiger partial charge in [-0.15, -0.1) is 0 Å². The van der Waals surface area contributed by atoms with E-state index in [1.165, 1.54) is 12.0 Å². The average molecular weight is 488 g/mol. The van der Waals surface area contributed by atoms with Crippen molar-refractivity contribution < 1.29 is 19.1 Å². The highest BCUT2D eigenvalue weighted by atomic mass is 32.1. The van der Waals surface area contributed by atoms with Crippen LogP contribution in [-0.4, -0.2) is 34.6 Å². The summed E-state index contributed by atoms with van der Waals surface area (Å²) in [6.07, 6.45) is 2.47. The van der Waals surface area contributed by atoms with Crippen LogP contribution in [0.15, 0.2) is 60.2 Å². The van der Waals surface area contributed by atoms with Crippen molar-refractivity contribution in [2.45, 2.75) is 27.2 Å². The summed E-state index contributed by atoms with van der Waals surface area (Å²) >= 11 is 5.30. The van der Waals surface area contributed by atoms with Crippen LogP contribution in [0.3, 0.4) is 0 Å². The topological polar surface area (TPSA) is 80.6 Å². The number of anilines is 1. The number of thiocarbonyl (C=S) groups is 1. The summed E-state index contributed by atoms with van der Waals surface area (Å²) in [6.45, 7) is 5.89. The first-order valence-corrected chi connectivity index (χ1v) is 11.5. The summed E-state index contributed by atoms with van der Waals surface area (Å²) in [5.74, 6) is -1.42. The molecule has 1 saturated heterocycles. The summed E-state index contributed by atoms with van der Waals surface area (Å²) < 4.78 is 6.75. The second kappa shape index (κ2) is 9.68. The molecule has 1 N–H and O–H groups in total. The van der Waals surface area contributed by atoms with Crippen LogP contribution < -0.4 is 10.2 Å². The molecular weight excluding hydrogens is 462 g/mol. The van der Waals surface area contributed by atoms with E-state index in [1.807, 2.05) is 60.9 Å². The Bertz CT molecular complexity index is 1370. The summed E-state index contributed by atoms with van der Waals surface area (Å²) in [5, 5.41) is 2.68. The second-order valence-electron chi connectivity index (χ2n) is 8.18. The van der Waals surface area contributed by atoms with Crippen LogP contribution in [0.1, 0.15) is 39.8 Å². The molecule has 178 valence electrons. The number of rotatable bonds is 5. The van der Waals surface area contributed by atoms with Crippen LogP contribution in [0.5, 0.6) is 0 Å². The van der Waals surface area contributed by atoms with E-state index in [4.69, 9.17) is 17.0 Å². The SMILES string of the molecule is CCc1ccc(N2C(=O)/C(=C\c3cc(C)n(-c4ccc(C(=O)OC)cc4)c3C)C(=O)NC2=S)cc1. The zero-order chi connectivity index (χ0) is 25.3. The van der Waals surface area contributed by atoms with Crippen LogP contribution in [0, 0.1) is 13.8 Å². The first-order valence-electron chi connectivity index (χ1n) is 11.1. The Morgan fingerprint density at radius 3 is 2.26 bits per heavy atom. The minimum Gasteiger partial charge on any atom is -0.465 e. The van der Waals surface area contributed by atoms with Crippen molar-refractivity contribution in [1.29, 1.82) is 0 Å². The maximum atomic E-state index is 13.4. The van der Waals surface area contributed by atoms with Gasteiger partial charge in [0.2, 0.25) is 0 Å². The van der Waals surface area contributed by atoms with Crippen molar-refractivity contribution in [2.75, 3.05) is 12.0 Å². The lowest BCUT2D eigenvalue weighted by molar-refractivity contribution is -0.122. The van der Waals surface area contributed by atoms with E-state index in [9.17, 15) is 14.4 Å². The first-order chi connectivity index (χ1) is 16.7. The van der Waals surface area contributed by atoms with Gasteiger partial charge in [-0.1, -0.05) is 19.1 Å². The van der Waals surface area contributed by atoms with Gasteiger partial charge in [0, 0.05) is 17.1 Å². The molecule has 0 aliphatic carbocycles. The Morgan fingerprint density at radius 1 is 1.03 bits per heavy atom. The molecule has 2 aromatic carbocycles. The third-order valence-electron chi connectivity index (χ3n) is 6.02. The number of aryl methyl sites for hydroxylation is 2. The van der Waals surface area contributed by atoms with Crippen LogP contribution in [-0.2, 0) is 20.7 Å². The van der Waals surface area contributed by atoms with Crippen molar-refractivity contribution in [3.63, 3.8) is 0 Å². The standard InChI is InChI=1S/C27H25N3O4S/c1-5-18-6-10-22(11-7-18)30-25(32)23(24(31)28-27(30)35)15-20-14-16(2)29(17(20)3)21-12-8-19(9-13-21)26(33)34-4/h6-15H,5H2,1-4H3,(H,28,31,35)/b23-15-. The quantitative estimate of drug-likeness (QED) is 0.252. The summed E-state index contributed by atoms with van der Waals surface area (Å²) in [5.41, 5.74) is 5.51. The molecule has 35 heavy (non-hydrogen) atoms. The van der Waals surface area contributed by atoms with Gasteiger partial charge in [-0.25, -0.2) is 4.79 Å². The largest absolute Gasteiger partial charge is 0.465 e. The fourth-order valence-corrected chi connectivity index (χ4v) is 4.40. The van der Waals surface area contributed by atoms with E-state index < -0.39 is 17.8 Å². The van der Waals surface area contributed by atoms with Crippen molar-refractivity contribution in [1.82, 2.24) is 9.88 Å². The average Bonchev–Trinajstić information content (AvgIpc) is 3.14. The Balaban J connectivity index is 1.70. The van der Waals surface area contributed by atoms with Gasteiger partial charge < -0.3 is 9.30 Å². The number of methoxy groups -OCH3 is 1. The Hall–Kier alpha value is -4.04. The number of amides is 2.